The Labute approximate surface area is 183 Å². The number of amides is 1. The molecule has 0 saturated carbocycles. The fourth-order valence-electron chi connectivity index (χ4n) is 3.81. The van der Waals surface area contributed by atoms with Crippen molar-refractivity contribution in [2.24, 2.45) is 0 Å². The molecule has 0 radical (unpaired) electrons. The van der Waals surface area contributed by atoms with Crippen LogP contribution in [0.3, 0.4) is 0 Å². The summed E-state index contributed by atoms with van der Waals surface area (Å²) in [5, 5.41) is 7.35. The molecule has 2 heterocycles. The van der Waals surface area contributed by atoms with Crippen LogP contribution in [-0.4, -0.2) is 49.0 Å². The van der Waals surface area contributed by atoms with Gasteiger partial charge >= 0.3 is 0 Å². The van der Waals surface area contributed by atoms with Gasteiger partial charge < -0.3 is 15.0 Å². The van der Waals surface area contributed by atoms with E-state index in [9.17, 15) is 4.79 Å². The van der Waals surface area contributed by atoms with Crippen LogP contribution in [0.4, 0.5) is 5.69 Å². The minimum Gasteiger partial charge on any atom is -0.378 e. The number of hydrogen-bond donors (Lipinski definition) is 1. The van der Waals surface area contributed by atoms with Gasteiger partial charge in [-0.2, -0.15) is 5.10 Å². The summed E-state index contributed by atoms with van der Waals surface area (Å²) in [6, 6.07) is 18.6. The molecule has 31 heavy (non-hydrogen) atoms. The van der Waals surface area contributed by atoms with Crippen molar-refractivity contribution in [1.82, 2.24) is 15.1 Å². The molecule has 1 amide bonds. The largest absolute Gasteiger partial charge is 0.378 e. The third kappa shape index (κ3) is 4.49. The zero-order chi connectivity index (χ0) is 22.0. The van der Waals surface area contributed by atoms with E-state index in [2.05, 4.69) is 72.5 Å². The van der Waals surface area contributed by atoms with Crippen molar-refractivity contribution >= 4 is 11.6 Å². The van der Waals surface area contributed by atoms with Gasteiger partial charge in [0.1, 0.15) is 0 Å². The lowest BCUT2D eigenvalue weighted by atomic mass is 9.87. The van der Waals surface area contributed by atoms with E-state index in [-0.39, 0.29) is 11.3 Å². The van der Waals surface area contributed by atoms with Gasteiger partial charge in [0, 0.05) is 31.4 Å². The molecular formula is C25H30N4O2. The molecule has 1 fully saturated rings. The fraction of sp³-hybridized carbons (Fsp3) is 0.360. The molecule has 1 aliphatic heterocycles. The number of rotatable bonds is 4. The maximum absolute atomic E-state index is 12.4. The molecule has 0 spiro atoms. The number of ether oxygens (including phenoxy) is 1. The first-order valence-electron chi connectivity index (χ1n) is 10.7. The Balaban J connectivity index is 1.81. The Kier molecular flexibility index (Phi) is 5.83. The molecule has 0 unspecified atom stereocenters. The van der Waals surface area contributed by atoms with Crippen molar-refractivity contribution in [1.29, 1.82) is 0 Å². The fourth-order valence-corrected chi connectivity index (χ4v) is 3.81. The molecule has 4 rings (SSSR count). The summed E-state index contributed by atoms with van der Waals surface area (Å²) in [5.41, 5.74) is 5.63. The number of nitrogens with one attached hydrogen (secondary N) is 1. The Morgan fingerprint density at radius 1 is 1.00 bits per heavy atom. The predicted molar refractivity (Wildman–Crippen MR) is 124 cm³/mol. The first-order chi connectivity index (χ1) is 14.9. The lowest BCUT2D eigenvalue weighted by Gasteiger charge is -2.29. The zero-order valence-electron chi connectivity index (χ0n) is 18.7. The molecule has 0 bridgehead atoms. The number of carbonyl (C=O) groups is 1. The van der Waals surface area contributed by atoms with E-state index in [1.807, 2.05) is 22.9 Å². The first-order valence-corrected chi connectivity index (χ1v) is 10.7. The summed E-state index contributed by atoms with van der Waals surface area (Å²) in [6.45, 7) is 9.80. The maximum Gasteiger partial charge on any atom is 0.271 e. The van der Waals surface area contributed by atoms with Crippen LogP contribution < -0.4 is 10.2 Å². The molecule has 1 N–H and O–H groups in total. The molecule has 3 aromatic rings. The highest BCUT2D eigenvalue weighted by Crippen LogP contribution is 2.30. The second-order valence-corrected chi connectivity index (χ2v) is 8.86. The molecule has 1 aliphatic rings. The van der Waals surface area contributed by atoms with Gasteiger partial charge in [0.2, 0.25) is 0 Å². The lowest BCUT2D eigenvalue weighted by Crippen LogP contribution is -2.36. The summed E-state index contributed by atoms with van der Waals surface area (Å²) in [6.07, 6.45) is 0. The molecule has 0 aliphatic carbocycles. The quantitative estimate of drug-likeness (QED) is 0.695. The molecular weight excluding hydrogens is 388 g/mol. The van der Waals surface area contributed by atoms with Crippen LogP contribution >= 0.6 is 0 Å². The highest BCUT2D eigenvalue weighted by atomic mass is 16.5. The van der Waals surface area contributed by atoms with Crippen LogP contribution in [-0.2, 0) is 10.2 Å². The van der Waals surface area contributed by atoms with Gasteiger partial charge in [-0.1, -0.05) is 45.0 Å². The molecule has 1 saturated heterocycles. The van der Waals surface area contributed by atoms with Gasteiger partial charge in [-0.15, -0.1) is 0 Å². The summed E-state index contributed by atoms with van der Waals surface area (Å²) >= 11 is 0. The van der Waals surface area contributed by atoms with E-state index in [1.165, 1.54) is 5.56 Å². The average Bonchev–Trinajstić information content (AvgIpc) is 3.24. The van der Waals surface area contributed by atoms with Crippen LogP contribution in [0.5, 0.6) is 0 Å². The molecule has 2 aromatic carbocycles. The number of morpholine rings is 1. The summed E-state index contributed by atoms with van der Waals surface area (Å²) < 4.78 is 7.37. The van der Waals surface area contributed by atoms with E-state index in [1.54, 1.807) is 7.05 Å². The normalized spacial score (nSPS) is 14.5. The van der Waals surface area contributed by atoms with Crippen LogP contribution in [0.15, 0.2) is 54.6 Å². The van der Waals surface area contributed by atoms with Gasteiger partial charge in [-0.3, -0.25) is 4.79 Å². The maximum atomic E-state index is 12.4. The number of nitrogens with zero attached hydrogens (tertiary/aromatic N) is 3. The number of benzene rings is 2. The van der Waals surface area contributed by atoms with Crippen LogP contribution in [0, 0.1) is 0 Å². The number of aromatic nitrogens is 2. The Hall–Kier alpha value is -3.12. The molecule has 1 aromatic heterocycles. The third-order valence-electron chi connectivity index (χ3n) is 5.64. The van der Waals surface area contributed by atoms with Crippen molar-refractivity contribution in [2.75, 3.05) is 38.3 Å². The van der Waals surface area contributed by atoms with Crippen LogP contribution in [0.25, 0.3) is 16.9 Å². The van der Waals surface area contributed by atoms with Crippen LogP contribution in [0.2, 0.25) is 0 Å². The smallest absolute Gasteiger partial charge is 0.271 e. The minimum atomic E-state index is -0.198. The monoisotopic (exact) mass is 418 g/mol. The van der Waals surface area contributed by atoms with E-state index >= 15 is 0 Å². The zero-order valence-corrected chi connectivity index (χ0v) is 18.7. The number of hydrogen-bond acceptors (Lipinski definition) is 4. The van der Waals surface area contributed by atoms with Crippen LogP contribution in [0.1, 0.15) is 36.8 Å². The molecule has 162 valence electrons. The standard InChI is InChI=1S/C25H30N4O2/c1-25(2,3)19-8-6-10-21(16-19)29-23(17-22(27-29)24(30)26-4)18-7-5-9-20(15-18)28-11-13-31-14-12-28/h5-10,15-17H,11-14H2,1-4H3,(H,26,30). The Morgan fingerprint density at radius 2 is 1.71 bits per heavy atom. The SMILES string of the molecule is CNC(=O)c1cc(-c2cccc(N3CCOCC3)c2)n(-c2cccc(C(C)(C)C)c2)n1. The number of carbonyl (C=O) groups excluding carboxylic acids is 1. The van der Waals surface area contributed by atoms with E-state index < -0.39 is 0 Å². The van der Waals surface area contributed by atoms with E-state index in [4.69, 9.17) is 4.74 Å². The van der Waals surface area contributed by atoms with Gasteiger partial charge in [0.15, 0.2) is 5.69 Å². The van der Waals surface area contributed by atoms with Crippen molar-refractivity contribution < 1.29 is 9.53 Å². The van der Waals surface area contributed by atoms with E-state index in [0.29, 0.717) is 5.69 Å². The highest BCUT2D eigenvalue weighted by molar-refractivity contribution is 5.93. The van der Waals surface area contributed by atoms with Crippen molar-refractivity contribution in [3.05, 3.63) is 65.9 Å². The van der Waals surface area contributed by atoms with Gasteiger partial charge in [-0.05, 0) is 41.3 Å². The Morgan fingerprint density at radius 3 is 2.42 bits per heavy atom. The second-order valence-electron chi connectivity index (χ2n) is 8.86. The summed E-state index contributed by atoms with van der Waals surface area (Å²) in [5.74, 6) is -0.198. The minimum absolute atomic E-state index is 0.0171. The van der Waals surface area contributed by atoms with Gasteiger partial charge in [0.25, 0.3) is 5.91 Å². The molecule has 0 atom stereocenters. The summed E-state index contributed by atoms with van der Waals surface area (Å²) in [4.78, 5) is 14.7. The third-order valence-corrected chi connectivity index (χ3v) is 5.64. The van der Waals surface area contributed by atoms with E-state index in [0.717, 1.165) is 48.9 Å². The predicted octanol–water partition coefficient (Wildman–Crippen LogP) is 4.03. The van der Waals surface area contributed by atoms with Crippen molar-refractivity contribution in [3.63, 3.8) is 0 Å². The average molecular weight is 419 g/mol. The van der Waals surface area contributed by atoms with Gasteiger partial charge in [-0.25, -0.2) is 4.68 Å². The second kappa shape index (κ2) is 8.55. The topological polar surface area (TPSA) is 59.4 Å². The summed E-state index contributed by atoms with van der Waals surface area (Å²) in [7, 11) is 1.63. The lowest BCUT2D eigenvalue weighted by molar-refractivity contribution is 0.0957. The highest BCUT2D eigenvalue weighted by Gasteiger charge is 2.20. The van der Waals surface area contributed by atoms with Crippen molar-refractivity contribution in [2.45, 2.75) is 26.2 Å². The van der Waals surface area contributed by atoms with Gasteiger partial charge in [0.05, 0.1) is 24.6 Å². The Bertz CT molecular complexity index is 1080. The first kappa shape index (κ1) is 21.1. The molecule has 6 nitrogen and oxygen atoms in total. The number of anilines is 1. The van der Waals surface area contributed by atoms with Crippen molar-refractivity contribution in [3.8, 4) is 16.9 Å². The molecule has 6 heteroatoms.